The summed E-state index contributed by atoms with van der Waals surface area (Å²) >= 11 is 0. The van der Waals surface area contributed by atoms with Crippen molar-refractivity contribution in [3.05, 3.63) is 53.9 Å². The van der Waals surface area contributed by atoms with Crippen LogP contribution in [-0.4, -0.2) is 48.9 Å². The first-order valence-corrected chi connectivity index (χ1v) is 14.7. The van der Waals surface area contributed by atoms with E-state index >= 15 is 0 Å². The number of halogens is 2. The van der Waals surface area contributed by atoms with Crippen molar-refractivity contribution >= 4 is 37.0 Å². The van der Waals surface area contributed by atoms with E-state index in [1.807, 2.05) is 28.7 Å². The lowest BCUT2D eigenvalue weighted by Gasteiger charge is -2.26. The van der Waals surface area contributed by atoms with Crippen LogP contribution in [0.4, 0.5) is 14.5 Å². The number of nitrogen functional groups attached to an aromatic ring is 1. The summed E-state index contributed by atoms with van der Waals surface area (Å²) < 4.78 is 42.7. The highest BCUT2D eigenvalue weighted by atomic mass is 28.3. The molecule has 3 aromatic rings. The second-order valence-corrected chi connectivity index (χ2v) is 12.0. The molecule has 0 spiro atoms. The Balaban J connectivity index is 1.74. The molecule has 1 radical (unpaired) electrons. The molecule has 0 bridgehead atoms. The number of carbonyl (C=O) groups is 1. The van der Waals surface area contributed by atoms with Crippen molar-refractivity contribution < 1.29 is 23.0 Å². The SMILES string of the molecule is CCC(=O)N1CC=C(c2cn(COCC[Si](C)C)c3nccc(Oc4c(F)cc(N)cc4F)c23)CC1. The van der Waals surface area contributed by atoms with Gasteiger partial charge in [0.05, 0.1) is 5.39 Å². The highest BCUT2D eigenvalue weighted by Crippen LogP contribution is 2.39. The number of hydrogen-bond acceptors (Lipinski definition) is 5. The molecular weight excluding hydrogens is 482 g/mol. The first kappa shape index (κ1) is 25.8. The van der Waals surface area contributed by atoms with Gasteiger partial charge in [0, 0.05) is 70.7 Å². The lowest BCUT2D eigenvalue weighted by Crippen LogP contribution is -2.34. The molecule has 7 nitrogen and oxygen atoms in total. The molecule has 10 heteroatoms. The number of pyridine rings is 1. The van der Waals surface area contributed by atoms with Gasteiger partial charge in [0.1, 0.15) is 18.1 Å². The maximum Gasteiger partial charge on any atom is 0.222 e. The smallest absolute Gasteiger partial charge is 0.222 e. The lowest BCUT2D eigenvalue weighted by molar-refractivity contribution is -0.130. The van der Waals surface area contributed by atoms with Crippen LogP contribution in [0, 0.1) is 11.6 Å². The molecule has 2 N–H and O–H groups in total. The zero-order chi connectivity index (χ0) is 25.8. The van der Waals surface area contributed by atoms with Gasteiger partial charge in [-0.1, -0.05) is 26.1 Å². The quantitative estimate of drug-likeness (QED) is 0.234. The van der Waals surface area contributed by atoms with Crippen molar-refractivity contribution in [2.24, 2.45) is 0 Å². The van der Waals surface area contributed by atoms with E-state index in [4.69, 9.17) is 15.2 Å². The molecule has 0 atom stereocenters. The van der Waals surface area contributed by atoms with E-state index < -0.39 is 26.2 Å². The van der Waals surface area contributed by atoms with Crippen LogP contribution in [0.2, 0.25) is 19.1 Å². The minimum atomic E-state index is -0.885. The highest BCUT2D eigenvalue weighted by molar-refractivity contribution is 6.55. The molecule has 36 heavy (non-hydrogen) atoms. The third-order valence-electron chi connectivity index (χ3n) is 6.14. The molecule has 0 aliphatic carbocycles. The maximum atomic E-state index is 14.5. The second-order valence-electron chi connectivity index (χ2n) is 9.10. The first-order chi connectivity index (χ1) is 17.3. The summed E-state index contributed by atoms with van der Waals surface area (Å²) in [7, 11) is -0.400. The van der Waals surface area contributed by atoms with Crippen LogP contribution in [0.25, 0.3) is 16.6 Å². The van der Waals surface area contributed by atoms with Crippen molar-refractivity contribution in [3.63, 3.8) is 0 Å². The molecule has 0 unspecified atom stereocenters. The van der Waals surface area contributed by atoms with Gasteiger partial charge in [-0.2, -0.15) is 0 Å². The summed E-state index contributed by atoms with van der Waals surface area (Å²) in [5.41, 5.74) is 7.98. The number of ether oxygens (including phenoxy) is 2. The predicted molar refractivity (Wildman–Crippen MR) is 138 cm³/mol. The normalized spacial score (nSPS) is 13.9. The van der Waals surface area contributed by atoms with Crippen LogP contribution in [-0.2, 0) is 16.3 Å². The van der Waals surface area contributed by atoms with Gasteiger partial charge >= 0.3 is 0 Å². The van der Waals surface area contributed by atoms with Gasteiger partial charge in [-0.15, -0.1) is 0 Å². The van der Waals surface area contributed by atoms with Gasteiger partial charge in [-0.25, -0.2) is 13.8 Å². The Morgan fingerprint density at radius 1 is 1.25 bits per heavy atom. The molecule has 4 rings (SSSR count). The summed E-state index contributed by atoms with van der Waals surface area (Å²) in [6.45, 7) is 8.35. The largest absolute Gasteiger partial charge is 0.450 e. The summed E-state index contributed by atoms with van der Waals surface area (Å²) in [5, 5.41) is 0.633. The molecule has 0 saturated heterocycles. The van der Waals surface area contributed by atoms with E-state index in [1.165, 1.54) is 0 Å². The molecule has 3 heterocycles. The topological polar surface area (TPSA) is 82.6 Å². The van der Waals surface area contributed by atoms with Gasteiger partial charge < -0.3 is 24.7 Å². The minimum Gasteiger partial charge on any atom is -0.450 e. The van der Waals surface area contributed by atoms with E-state index in [9.17, 15) is 13.6 Å². The predicted octanol–water partition coefficient (Wildman–Crippen LogP) is 5.44. The van der Waals surface area contributed by atoms with Crippen LogP contribution >= 0.6 is 0 Å². The monoisotopic (exact) mass is 513 g/mol. The average molecular weight is 514 g/mol. The van der Waals surface area contributed by atoms with E-state index in [-0.39, 0.29) is 17.3 Å². The summed E-state index contributed by atoms with van der Waals surface area (Å²) in [6, 6.07) is 4.67. The zero-order valence-electron chi connectivity index (χ0n) is 20.8. The zero-order valence-corrected chi connectivity index (χ0v) is 21.8. The number of hydrogen-bond donors (Lipinski definition) is 1. The lowest BCUT2D eigenvalue weighted by atomic mass is 9.99. The molecular formula is C26H31F2N4O3Si. The molecule has 0 fully saturated rings. The third kappa shape index (κ3) is 5.60. The molecule has 191 valence electrons. The molecule has 2 aromatic heterocycles. The number of nitrogens with two attached hydrogens (primary N) is 1. The Morgan fingerprint density at radius 3 is 2.64 bits per heavy atom. The average Bonchev–Trinajstić information content (AvgIpc) is 3.23. The van der Waals surface area contributed by atoms with E-state index in [1.54, 1.807) is 12.3 Å². The van der Waals surface area contributed by atoms with Crippen LogP contribution in [0.15, 0.2) is 36.7 Å². The van der Waals surface area contributed by atoms with Gasteiger partial charge in [0.15, 0.2) is 17.4 Å². The Bertz CT molecular complexity index is 1270. The van der Waals surface area contributed by atoms with Crippen molar-refractivity contribution in [2.45, 2.75) is 45.6 Å². The van der Waals surface area contributed by atoms with Crippen molar-refractivity contribution in [3.8, 4) is 11.5 Å². The van der Waals surface area contributed by atoms with Crippen molar-refractivity contribution in [1.29, 1.82) is 0 Å². The Morgan fingerprint density at radius 2 is 2.00 bits per heavy atom. The second kappa shape index (κ2) is 11.2. The number of anilines is 1. The fourth-order valence-corrected chi connectivity index (χ4v) is 4.76. The molecule has 0 saturated carbocycles. The minimum absolute atomic E-state index is 0.0246. The van der Waals surface area contributed by atoms with Crippen LogP contribution < -0.4 is 10.5 Å². The standard InChI is InChI=1S/C26H31F2N4O3Si/c1-4-23(33)31-9-6-17(7-10-31)19-15-32(16-34-11-12-36(2)3)26-24(19)22(5-8-30-26)35-25-20(27)13-18(29)14-21(25)28/h5-6,8,13-15H,4,7,9-12,16,29H2,1-3H3. The van der Waals surface area contributed by atoms with Gasteiger partial charge in [0.25, 0.3) is 0 Å². The Kier molecular flexibility index (Phi) is 8.05. The number of amides is 1. The number of nitrogens with zero attached hydrogens (tertiary/aromatic N) is 3. The van der Waals surface area contributed by atoms with Crippen LogP contribution in [0.5, 0.6) is 11.5 Å². The summed E-state index contributed by atoms with van der Waals surface area (Å²) in [4.78, 5) is 18.5. The number of fused-ring (bicyclic) bond motifs is 1. The number of carbonyl (C=O) groups excluding carboxylic acids is 1. The van der Waals surface area contributed by atoms with Gasteiger partial charge in [0.2, 0.25) is 5.91 Å². The number of benzene rings is 1. The fourth-order valence-electron chi connectivity index (χ4n) is 4.20. The van der Waals surface area contributed by atoms with Crippen LogP contribution in [0.3, 0.4) is 0 Å². The van der Waals surface area contributed by atoms with Crippen molar-refractivity contribution in [2.75, 3.05) is 25.4 Å². The van der Waals surface area contributed by atoms with Gasteiger partial charge in [-0.3, -0.25) is 4.79 Å². The summed E-state index contributed by atoms with van der Waals surface area (Å²) in [6.07, 6.45) is 6.59. The summed E-state index contributed by atoms with van der Waals surface area (Å²) in [5.74, 6) is -1.91. The van der Waals surface area contributed by atoms with Crippen LogP contribution in [0.1, 0.15) is 25.3 Å². The highest BCUT2D eigenvalue weighted by Gasteiger charge is 2.23. The molecule has 1 aliphatic rings. The molecule has 1 amide bonds. The van der Waals surface area contributed by atoms with E-state index in [2.05, 4.69) is 18.1 Å². The first-order valence-electron chi connectivity index (χ1n) is 12.0. The Hall–Kier alpha value is -3.24. The number of aromatic nitrogens is 2. The maximum absolute atomic E-state index is 14.5. The molecule has 1 aliphatic heterocycles. The molecule has 1 aromatic carbocycles. The third-order valence-corrected chi connectivity index (χ3v) is 7.34. The van der Waals surface area contributed by atoms with E-state index in [0.29, 0.717) is 50.3 Å². The number of rotatable bonds is 9. The van der Waals surface area contributed by atoms with E-state index in [0.717, 1.165) is 29.3 Å². The fraction of sp³-hybridized carbons (Fsp3) is 0.385. The van der Waals surface area contributed by atoms with Crippen molar-refractivity contribution in [1.82, 2.24) is 14.5 Å². The van der Waals surface area contributed by atoms with Gasteiger partial charge in [-0.05, 0) is 24.1 Å². The Labute approximate surface area is 211 Å².